The summed E-state index contributed by atoms with van der Waals surface area (Å²) in [5.74, 6) is -2.12. The van der Waals surface area contributed by atoms with Crippen molar-refractivity contribution in [2.24, 2.45) is 0 Å². The second-order valence-electron chi connectivity index (χ2n) is 3.31. The van der Waals surface area contributed by atoms with Gasteiger partial charge in [-0.05, 0) is 23.8 Å². The number of hydrogen-bond donors (Lipinski definition) is 2. The van der Waals surface area contributed by atoms with Gasteiger partial charge in [-0.3, -0.25) is 4.79 Å². The van der Waals surface area contributed by atoms with Crippen molar-refractivity contribution >= 4 is 28.8 Å². The Balaban J connectivity index is 3.08. The van der Waals surface area contributed by atoms with Crippen molar-refractivity contribution < 1.29 is 24.6 Å². The Hall–Kier alpha value is -1.82. The summed E-state index contributed by atoms with van der Waals surface area (Å²) < 4.78 is 0. The molecule has 0 aliphatic heterocycles. The minimum Gasteiger partial charge on any atom is -0.478 e. The fourth-order valence-electron chi connectivity index (χ4n) is 1.21. The van der Waals surface area contributed by atoms with Gasteiger partial charge >= 0.3 is 11.9 Å². The van der Waals surface area contributed by atoms with E-state index in [4.69, 9.17) is 10.2 Å². The molecule has 0 bridgehead atoms. The highest BCUT2D eigenvalue weighted by Crippen LogP contribution is 2.17. The number of benzene rings is 1. The first-order valence-electron chi connectivity index (χ1n) is 4.64. The Labute approximate surface area is 101 Å². The van der Waals surface area contributed by atoms with Crippen LogP contribution in [-0.2, 0) is 10.5 Å². The summed E-state index contributed by atoms with van der Waals surface area (Å²) in [6.07, 6.45) is 0. The Kier molecular flexibility index (Phi) is 4.28. The minimum atomic E-state index is -1.19. The van der Waals surface area contributed by atoms with E-state index >= 15 is 0 Å². The second-order valence-corrected chi connectivity index (χ2v) is 4.46. The number of aromatic carboxylic acids is 2. The number of hydrogen-bond acceptors (Lipinski definition) is 4. The van der Waals surface area contributed by atoms with Crippen molar-refractivity contribution in [3.63, 3.8) is 0 Å². The van der Waals surface area contributed by atoms with Gasteiger partial charge in [0.05, 0.1) is 11.1 Å². The molecular formula is C11H10O5S. The Morgan fingerprint density at radius 1 is 1.06 bits per heavy atom. The van der Waals surface area contributed by atoms with Gasteiger partial charge in [-0.25, -0.2) is 9.59 Å². The van der Waals surface area contributed by atoms with Crippen LogP contribution in [-0.4, -0.2) is 27.3 Å². The zero-order chi connectivity index (χ0) is 13.0. The second kappa shape index (κ2) is 5.49. The smallest absolute Gasteiger partial charge is 0.335 e. The summed E-state index contributed by atoms with van der Waals surface area (Å²) in [5.41, 5.74) is 0.315. The number of carboxylic acids is 2. The lowest BCUT2D eigenvalue weighted by Gasteiger charge is -2.04. The quantitative estimate of drug-likeness (QED) is 0.852. The van der Waals surface area contributed by atoms with Crippen molar-refractivity contribution in [3.05, 3.63) is 34.9 Å². The summed E-state index contributed by atoms with van der Waals surface area (Å²) in [5, 5.41) is 17.5. The van der Waals surface area contributed by atoms with Crippen LogP contribution in [0.25, 0.3) is 0 Å². The summed E-state index contributed by atoms with van der Waals surface area (Å²) in [4.78, 5) is 32.4. The molecule has 0 radical (unpaired) electrons. The molecule has 1 aromatic carbocycles. The van der Waals surface area contributed by atoms with E-state index in [1.165, 1.54) is 19.1 Å². The molecule has 0 spiro atoms. The first kappa shape index (κ1) is 13.2. The van der Waals surface area contributed by atoms with Crippen molar-refractivity contribution in [3.8, 4) is 0 Å². The normalized spacial score (nSPS) is 9.94. The van der Waals surface area contributed by atoms with E-state index < -0.39 is 11.9 Å². The molecule has 0 aromatic heterocycles. The molecule has 1 aromatic rings. The molecule has 90 valence electrons. The van der Waals surface area contributed by atoms with Crippen molar-refractivity contribution in [1.29, 1.82) is 0 Å². The molecule has 2 N–H and O–H groups in total. The van der Waals surface area contributed by atoms with Crippen LogP contribution in [0.15, 0.2) is 18.2 Å². The van der Waals surface area contributed by atoms with Crippen LogP contribution in [0.4, 0.5) is 0 Å². The third-order valence-corrected chi connectivity index (χ3v) is 2.81. The van der Waals surface area contributed by atoms with Crippen LogP contribution in [0.1, 0.15) is 33.2 Å². The van der Waals surface area contributed by atoms with Gasteiger partial charge < -0.3 is 10.2 Å². The van der Waals surface area contributed by atoms with E-state index in [-0.39, 0.29) is 22.0 Å². The predicted octanol–water partition coefficient (Wildman–Crippen LogP) is 1.86. The molecule has 0 heterocycles. The van der Waals surface area contributed by atoms with Gasteiger partial charge in [-0.2, -0.15) is 0 Å². The van der Waals surface area contributed by atoms with Gasteiger partial charge in [0.2, 0.25) is 0 Å². The SMILES string of the molecule is CC(=O)SCc1cc(C(=O)O)cc(C(=O)O)c1. The third kappa shape index (κ3) is 3.92. The van der Waals surface area contributed by atoms with Crippen LogP contribution < -0.4 is 0 Å². The zero-order valence-corrected chi connectivity index (χ0v) is 9.78. The maximum absolute atomic E-state index is 10.8. The summed E-state index contributed by atoms with van der Waals surface area (Å²) in [6.45, 7) is 1.39. The first-order chi connectivity index (χ1) is 7.90. The molecule has 1 rings (SSSR count). The lowest BCUT2D eigenvalue weighted by atomic mass is 10.1. The summed E-state index contributed by atoms with van der Waals surface area (Å²) in [7, 11) is 0. The average Bonchev–Trinajstić information content (AvgIpc) is 2.25. The molecule has 0 saturated carbocycles. The molecule has 17 heavy (non-hydrogen) atoms. The summed E-state index contributed by atoms with van der Waals surface area (Å²) >= 11 is 1.00. The monoisotopic (exact) mass is 254 g/mol. The van der Waals surface area contributed by atoms with Crippen molar-refractivity contribution in [1.82, 2.24) is 0 Å². The van der Waals surface area contributed by atoms with Gasteiger partial charge in [-0.15, -0.1) is 0 Å². The van der Waals surface area contributed by atoms with Crippen LogP contribution in [0.2, 0.25) is 0 Å². The molecule has 0 unspecified atom stereocenters. The van der Waals surface area contributed by atoms with E-state index in [2.05, 4.69) is 0 Å². The molecular weight excluding hydrogens is 244 g/mol. The van der Waals surface area contributed by atoms with Crippen LogP contribution in [0, 0.1) is 0 Å². The fourth-order valence-corrected chi connectivity index (χ4v) is 1.74. The van der Waals surface area contributed by atoms with Gasteiger partial charge in [0.25, 0.3) is 0 Å². The Morgan fingerprint density at radius 3 is 1.88 bits per heavy atom. The molecule has 0 aliphatic rings. The topological polar surface area (TPSA) is 91.7 Å². The lowest BCUT2D eigenvalue weighted by molar-refractivity contribution is -0.109. The van der Waals surface area contributed by atoms with E-state index in [1.807, 2.05) is 0 Å². The van der Waals surface area contributed by atoms with Crippen LogP contribution >= 0.6 is 11.8 Å². The highest BCUT2D eigenvalue weighted by Gasteiger charge is 2.11. The van der Waals surface area contributed by atoms with Crippen molar-refractivity contribution in [2.75, 3.05) is 0 Å². The lowest BCUT2D eigenvalue weighted by Crippen LogP contribution is -2.04. The number of carboxylic acid groups (broad SMARTS) is 2. The molecule has 5 nitrogen and oxygen atoms in total. The van der Waals surface area contributed by atoms with E-state index in [9.17, 15) is 14.4 Å². The molecule has 0 amide bonds. The molecule has 0 saturated heterocycles. The minimum absolute atomic E-state index is 0.0935. The fraction of sp³-hybridized carbons (Fsp3) is 0.182. The molecule has 6 heteroatoms. The molecule has 0 fully saturated rings. The number of carbonyl (C=O) groups excluding carboxylic acids is 1. The van der Waals surface area contributed by atoms with E-state index in [0.29, 0.717) is 5.56 Å². The van der Waals surface area contributed by atoms with E-state index in [0.717, 1.165) is 17.8 Å². The van der Waals surface area contributed by atoms with Crippen LogP contribution in [0.3, 0.4) is 0 Å². The molecule has 0 atom stereocenters. The third-order valence-electron chi connectivity index (χ3n) is 1.93. The van der Waals surface area contributed by atoms with E-state index in [1.54, 1.807) is 0 Å². The van der Waals surface area contributed by atoms with Gasteiger partial charge in [0.15, 0.2) is 5.12 Å². The maximum atomic E-state index is 10.8. The van der Waals surface area contributed by atoms with Gasteiger partial charge in [-0.1, -0.05) is 11.8 Å². The highest BCUT2D eigenvalue weighted by molar-refractivity contribution is 8.12. The number of rotatable bonds is 4. The maximum Gasteiger partial charge on any atom is 0.335 e. The van der Waals surface area contributed by atoms with Gasteiger partial charge in [0, 0.05) is 12.7 Å². The Morgan fingerprint density at radius 2 is 1.53 bits per heavy atom. The predicted molar refractivity (Wildman–Crippen MR) is 62.3 cm³/mol. The molecule has 0 aliphatic carbocycles. The first-order valence-corrected chi connectivity index (χ1v) is 5.62. The largest absolute Gasteiger partial charge is 0.478 e. The average molecular weight is 254 g/mol. The standard InChI is InChI=1S/C11H10O5S/c1-6(12)17-5-7-2-8(10(13)14)4-9(3-7)11(15)16/h2-4H,5H2,1H3,(H,13,14)(H,15,16). The van der Waals surface area contributed by atoms with Crippen molar-refractivity contribution in [2.45, 2.75) is 12.7 Å². The Bertz CT molecular complexity index is 449. The number of carbonyl (C=O) groups is 3. The highest BCUT2D eigenvalue weighted by atomic mass is 32.2. The number of thioether (sulfide) groups is 1. The van der Waals surface area contributed by atoms with Gasteiger partial charge in [0.1, 0.15) is 0 Å². The van der Waals surface area contributed by atoms with Crippen LogP contribution in [0.5, 0.6) is 0 Å². The zero-order valence-electron chi connectivity index (χ0n) is 8.97. The summed E-state index contributed by atoms with van der Waals surface area (Å²) in [6, 6.07) is 3.82.